The fourth-order valence-corrected chi connectivity index (χ4v) is 3.61. The molecule has 3 atom stereocenters. The molecule has 1 aliphatic rings. The van der Waals surface area contributed by atoms with Crippen LogP contribution in [-0.4, -0.2) is 38.8 Å². The minimum atomic E-state index is -0.850. The minimum absolute atomic E-state index is 0.157. The van der Waals surface area contributed by atoms with Crippen molar-refractivity contribution in [2.24, 2.45) is 5.92 Å². The third kappa shape index (κ3) is 4.58. The number of carbonyl (C=O) groups is 2. The lowest BCUT2D eigenvalue weighted by Gasteiger charge is -2.30. The number of aromatic nitrogens is 3. The lowest BCUT2D eigenvalue weighted by Crippen LogP contribution is -2.46. The average Bonchev–Trinajstić information content (AvgIpc) is 3.01. The summed E-state index contributed by atoms with van der Waals surface area (Å²) in [5.41, 5.74) is 2.16. The van der Waals surface area contributed by atoms with Crippen LogP contribution in [0, 0.1) is 19.8 Å². The summed E-state index contributed by atoms with van der Waals surface area (Å²) < 4.78 is 7.05. The number of amides is 1. The number of hydrogen-bond donors (Lipinski definition) is 1. The molecule has 1 amide bonds. The number of nitrogens with zero attached hydrogens (tertiary/aromatic N) is 3. The van der Waals surface area contributed by atoms with E-state index in [2.05, 4.69) is 22.3 Å². The van der Waals surface area contributed by atoms with Gasteiger partial charge in [0.25, 0.3) is 5.91 Å². The van der Waals surface area contributed by atoms with Crippen LogP contribution in [0.5, 0.6) is 0 Å². The molecule has 28 heavy (non-hydrogen) atoms. The van der Waals surface area contributed by atoms with Gasteiger partial charge in [-0.1, -0.05) is 19.8 Å². The van der Waals surface area contributed by atoms with Gasteiger partial charge in [-0.2, -0.15) is 5.10 Å². The van der Waals surface area contributed by atoms with E-state index in [0.717, 1.165) is 30.7 Å². The van der Waals surface area contributed by atoms with Gasteiger partial charge in [0.2, 0.25) is 0 Å². The molecule has 2 aromatic heterocycles. The van der Waals surface area contributed by atoms with E-state index in [-0.39, 0.29) is 11.9 Å². The standard InChI is InChI=1S/C21H28N4O3/c1-13-7-5-6-8-18(13)23-20(26)16(4)28-21(27)17-9-10-19(22-12-17)25-15(3)11-14(2)24-25/h9-13,16,18H,5-8H2,1-4H3,(H,23,26). The van der Waals surface area contributed by atoms with Gasteiger partial charge in [-0.25, -0.2) is 14.5 Å². The van der Waals surface area contributed by atoms with Gasteiger partial charge in [-0.05, 0) is 57.7 Å². The Labute approximate surface area is 165 Å². The zero-order chi connectivity index (χ0) is 20.3. The van der Waals surface area contributed by atoms with Crippen molar-refractivity contribution in [3.63, 3.8) is 0 Å². The molecule has 0 saturated heterocycles. The molecule has 3 unspecified atom stereocenters. The van der Waals surface area contributed by atoms with E-state index < -0.39 is 12.1 Å². The normalized spacial score (nSPS) is 20.4. The second-order valence-electron chi connectivity index (χ2n) is 7.67. The Kier molecular flexibility index (Phi) is 6.11. The predicted molar refractivity (Wildman–Crippen MR) is 105 cm³/mol. The summed E-state index contributed by atoms with van der Waals surface area (Å²) in [7, 11) is 0. The second-order valence-corrected chi connectivity index (χ2v) is 7.67. The summed E-state index contributed by atoms with van der Waals surface area (Å²) in [5.74, 6) is 0.261. The molecule has 150 valence electrons. The molecule has 0 spiro atoms. The molecule has 3 rings (SSSR count). The van der Waals surface area contributed by atoms with Gasteiger partial charge in [-0.15, -0.1) is 0 Å². The van der Waals surface area contributed by atoms with Gasteiger partial charge in [-0.3, -0.25) is 4.79 Å². The summed E-state index contributed by atoms with van der Waals surface area (Å²) in [6.45, 7) is 7.60. The first kappa shape index (κ1) is 20.0. The quantitative estimate of drug-likeness (QED) is 0.801. The van der Waals surface area contributed by atoms with Crippen molar-refractivity contribution in [1.82, 2.24) is 20.1 Å². The second kappa shape index (κ2) is 8.54. The molecule has 7 nitrogen and oxygen atoms in total. The van der Waals surface area contributed by atoms with Gasteiger partial charge in [0.15, 0.2) is 11.9 Å². The Bertz CT molecular complexity index is 844. The number of carbonyl (C=O) groups excluding carboxylic acids is 2. The molecular weight excluding hydrogens is 356 g/mol. The van der Waals surface area contributed by atoms with Gasteiger partial charge in [0, 0.05) is 17.9 Å². The topological polar surface area (TPSA) is 86.1 Å². The maximum atomic E-state index is 12.4. The maximum Gasteiger partial charge on any atom is 0.340 e. The van der Waals surface area contributed by atoms with Crippen LogP contribution < -0.4 is 5.32 Å². The van der Waals surface area contributed by atoms with Crippen LogP contribution >= 0.6 is 0 Å². The Balaban J connectivity index is 1.59. The number of pyridine rings is 1. The van der Waals surface area contributed by atoms with E-state index in [1.54, 1.807) is 23.7 Å². The molecule has 0 aliphatic heterocycles. The zero-order valence-corrected chi connectivity index (χ0v) is 16.9. The average molecular weight is 384 g/mol. The molecule has 1 fully saturated rings. The molecule has 0 radical (unpaired) electrons. The van der Waals surface area contributed by atoms with Gasteiger partial charge in [0.05, 0.1) is 11.3 Å². The third-order valence-corrected chi connectivity index (χ3v) is 5.30. The highest BCUT2D eigenvalue weighted by Crippen LogP contribution is 2.23. The van der Waals surface area contributed by atoms with Crippen molar-refractivity contribution >= 4 is 11.9 Å². The number of hydrogen-bond acceptors (Lipinski definition) is 5. The van der Waals surface area contributed by atoms with E-state index in [4.69, 9.17) is 4.74 Å². The molecule has 2 aromatic rings. The molecule has 1 N–H and O–H groups in total. The first-order chi connectivity index (χ1) is 13.3. The summed E-state index contributed by atoms with van der Waals surface area (Å²) in [6.07, 6.45) is 5.02. The maximum absolute atomic E-state index is 12.4. The molecule has 0 aromatic carbocycles. The molecule has 1 aliphatic carbocycles. The SMILES string of the molecule is Cc1cc(C)n(-c2ccc(C(=O)OC(C)C(=O)NC3CCCCC3C)cn2)n1. The third-order valence-electron chi connectivity index (χ3n) is 5.30. The molecule has 1 saturated carbocycles. The predicted octanol–water partition coefficient (Wildman–Crippen LogP) is 3.12. The Morgan fingerprint density at radius 1 is 1.25 bits per heavy atom. The van der Waals surface area contributed by atoms with E-state index in [0.29, 0.717) is 17.3 Å². The van der Waals surface area contributed by atoms with Crippen molar-refractivity contribution in [1.29, 1.82) is 0 Å². The van der Waals surface area contributed by atoms with E-state index >= 15 is 0 Å². The first-order valence-corrected chi connectivity index (χ1v) is 9.86. The van der Waals surface area contributed by atoms with E-state index in [1.807, 2.05) is 19.9 Å². The Morgan fingerprint density at radius 2 is 2.00 bits per heavy atom. The number of esters is 1. The largest absolute Gasteiger partial charge is 0.449 e. The number of ether oxygens (including phenoxy) is 1. The lowest BCUT2D eigenvalue weighted by molar-refractivity contribution is -0.130. The van der Waals surface area contributed by atoms with Crippen LogP contribution in [0.15, 0.2) is 24.4 Å². The van der Waals surface area contributed by atoms with E-state index in [9.17, 15) is 9.59 Å². The fraction of sp³-hybridized carbons (Fsp3) is 0.524. The fourth-order valence-electron chi connectivity index (χ4n) is 3.61. The van der Waals surface area contributed by atoms with Gasteiger partial charge >= 0.3 is 5.97 Å². The summed E-state index contributed by atoms with van der Waals surface area (Å²) in [5, 5.41) is 7.39. The van der Waals surface area contributed by atoms with Crippen LogP contribution in [0.25, 0.3) is 5.82 Å². The van der Waals surface area contributed by atoms with Crippen LogP contribution in [0.2, 0.25) is 0 Å². The zero-order valence-electron chi connectivity index (χ0n) is 16.9. The number of rotatable bonds is 5. The molecular formula is C21H28N4O3. The van der Waals surface area contributed by atoms with Crippen molar-refractivity contribution in [3.8, 4) is 5.82 Å². The molecule has 0 bridgehead atoms. The summed E-state index contributed by atoms with van der Waals surface area (Å²) in [4.78, 5) is 29.1. The highest BCUT2D eigenvalue weighted by Gasteiger charge is 2.26. The van der Waals surface area contributed by atoms with Crippen molar-refractivity contribution in [2.75, 3.05) is 0 Å². The highest BCUT2D eigenvalue weighted by molar-refractivity contribution is 5.92. The van der Waals surface area contributed by atoms with Crippen LogP contribution in [0.3, 0.4) is 0 Å². The monoisotopic (exact) mass is 384 g/mol. The lowest BCUT2D eigenvalue weighted by atomic mass is 9.86. The van der Waals surface area contributed by atoms with E-state index in [1.165, 1.54) is 12.6 Å². The number of aryl methyl sites for hydroxylation is 2. The smallest absolute Gasteiger partial charge is 0.340 e. The van der Waals surface area contributed by atoms with Gasteiger partial charge in [0.1, 0.15) is 0 Å². The van der Waals surface area contributed by atoms with Crippen molar-refractivity contribution in [2.45, 2.75) is 65.5 Å². The number of nitrogens with one attached hydrogen (secondary N) is 1. The Hall–Kier alpha value is -2.70. The minimum Gasteiger partial charge on any atom is -0.449 e. The van der Waals surface area contributed by atoms with Crippen LogP contribution in [-0.2, 0) is 9.53 Å². The van der Waals surface area contributed by atoms with Gasteiger partial charge < -0.3 is 10.1 Å². The summed E-state index contributed by atoms with van der Waals surface area (Å²) in [6, 6.07) is 5.46. The first-order valence-electron chi connectivity index (χ1n) is 9.86. The molecule has 7 heteroatoms. The highest BCUT2D eigenvalue weighted by atomic mass is 16.5. The Morgan fingerprint density at radius 3 is 2.61 bits per heavy atom. The molecule has 2 heterocycles. The van der Waals surface area contributed by atoms with Crippen LogP contribution in [0.1, 0.15) is 61.3 Å². The summed E-state index contributed by atoms with van der Waals surface area (Å²) >= 11 is 0. The van der Waals surface area contributed by atoms with Crippen LogP contribution in [0.4, 0.5) is 0 Å². The van der Waals surface area contributed by atoms with Crippen molar-refractivity contribution < 1.29 is 14.3 Å². The van der Waals surface area contributed by atoms with Crippen molar-refractivity contribution in [3.05, 3.63) is 41.3 Å².